The van der Waals surface area contributed by atoms with E-state index < -0.39 is 5.41 Å². The Kier molecular flexibility index (Phi) is 6.21. The van der Waals surface area contributed by atoms with Crippen LogP contribution in [-0.4, -0.2) is 36.3 Å². The van der Waals surface area contributed by atoms with Crippen LogP contribution < -0.4 is 5.32 Å². The van der Waals surface area contributed by atoms with Crippen molar-refractivity contribution in [3.8, 4) is 0 Å². The van der Waals surface area contributed by atoms with Crippen molar-refractivity contribution in [2.45, 2.75) is 53.5 Å². The molecule has 0 fully saturated rings. The van der Waals surface area contributed by atoms with E-state index in [1.54, 1.807) is 4.90 Å². The molecule has 0 bridgehead atoms. The molecule has 100 valence electrons. The molecule has 0 radical (unpaired) electrons. The zero-order valence-electron chi connectivity index (χ0n) is 12.0. The Morgan fingerprint density at radius 2 is 1.82 bits per heavy atom. The number of rotatable bonds is 5. The zero-order valence-corrected chi connectivity index (χ0v) is 12.0. The van der Waals surface area contributed by atoms with Crippen LogP contribution in [-0.2, 0) is 9.59 Å². The van der Waals surface area contributed by atoms with Crippen molar-refractivity contribution in [2.75, 3.05) is 13.6 Å². The third-order valence-electron chi connectivity index (χ3n) is 2.95. The van der Waals surface area contributed by atoms with Gasteiger partial charge in [-0.15, -0.1) is 0 Å². The second-order valence-corrected chi connectivity index (χ2v) is 5.52. The van der Waals surface area contributed by atoms with Gasteiger partial charge in [0, 0.05) is 31.5 Å². The van der Waals surface area contributed by atoms with Crippen LogP contribution in [0.1, 0.15) is 47.5 Å². The number of nitrogens with zero attached hydrogens (tertiary/aromatic N) is 1. The summed E-state index contributed by atoms with van der Waals surface area (Å²) in [7, 11) is 1.81. The lowest BCUT2D eigenvalue weighted by atomic mass is 9.96. The predicted molar refractivity (Wildman–Crippen MR) is 69.6 cm³/mol. The molecule has 0 saturated heterocycles. The molecular weight excluding hydrogens is 216 g/mol. The van der Waals surface area contributed by atoms with Gasteiger partial charge in [-0.25, -0.2) is 0 Å². The maximum Gasteiger partial charge on any atom is 0.225 e. The fourth-order valence-electron chi connectivity index (χ4n) is 1.24. The van der Waals surface area contributed by atoms with Crippen molar-refractivity contribution < 1.29 is 9.59 Å². The molecule has 1 N–H and O–H groups in total. The summed E-state index contributed by atoms with van der Waals surface area (Å²) in [5.74, 6) is 0.0602. The third kappa shape index (κ3) is 5.71. The summed E-state index contributed by atoms with van der Waals surface area (Å²) in [5.41, 5.74) is -0.397. The van der Waals surface area contributed by atoms with Gasteiger partial charge in [-0.2, -0.15) is 0 Å². The largest absolute Gasteiger partial charge is 0.355 e. The minimum atomic E-state index is -0.397. The van der Waals surface area contributed by atoms with Crippen LogP contribution in [0.5, 0.6) is 0 Å². The Morgan fingerprint density at radius 1 is 1.29 bits per heavy atom. The van der Waals surface area contributed by atoms with Gasteiger partial charge in [0.1, 0.15) is 0 Å². The first-order chi connectivity index (χ1) is 7.70. The molecule has 0 aromatic heterocycles. The molecule has 1 unspecified atom stereocenters. The normalized spacial score (nSPS) is 13.1. The van der Waals surface area contributed by atoms with E-state index in [-0.39, 0.29) is 17.9 Å². The van der Waals surface area contributed by atoms with Crippen LogP contribution in [0, 0.1) is 5.41 Å². The fraction of sp³-hybridized carbons (Fsp3) is 0.846. The van der Waals surface area contributed by atoms with Crippen LogP contribution in [0.4, 0.5) is 0 Å². The van der Waals surface area contributed by atoms with Gasteiger partial charge in [-0.3, -0.25) is 9.59 Å². The van der Waals surface area contributed by atoms with Crippen LogP contribution >= 0.6 is 0 Å². The van der Waals surface area contributed by atoms with Crippen molar-refractivity contribution in [3.05, 3.63) is 0 Å². The number of hydrogen-bond donors (Lipinski definition) is 1. The van der Waals surface area contributed by atoms with Gasteiger partial charge in [-0.1, -0.05) is 27.7 Å². The first-order valence-electron chi connectivity index (χ1n) is 6.24. The van der Waals surface area contributed by atoms with E-state index >= 15 is 0 Å². The monoisotopic (exact) mass is 242 g/mol. The summed E-state index contributed by atoms with van der Waals surface area (Å²) in [4.78, 5) is 25.1. The fourth-order valence-corrected chi connectivity index (χ4v) is 1.24. The number of nitrogens with one attached hydrogen (secondary N) is 1. The van der Waals surface area contributed by atoms with Crippen LogP contribution in [0.25, 0.3) is 0 Å². The molecule has 0 rings (SSSR count). The molecule has 0 spiro atoms. The highest BCUT2D eigenvalue weighted by molar-refractivity contribution is 5.82. The summed E-state index contributed by atoms with van der Waals surface area (Å²) in [6, 6.07) is 0.251. The Hall–Kier alpha value is -1.06. The molecule has 0 aromatic carbocycles. The van der Waals surface area contributed by atoms with Crippen LogP contribution in [0.2, 0.25) is 0 Å². The molecule has 1 atom stereocenters. The molecule has 0 saturated carbocycles. The second kappa shape index (κ2) is 6.62. The number of amides is 2. The number of hydrogen-bond acceptors (Lipinski definition) is 2. The standard InChI is InChI=1S/C13H26N2O2/c1-7-10(2)15(6)11(16)8-9-14-12(17)13(3,4)5/h10H,7-9H2,1-6H3,(H,14,17). The highest BCUT2D eigenvalue weighted by Gasteiger charge is 2.21. The van der Waals surface area contributed by atoms with Gasteiger partial charge in [0.25, 0.3) is 0 Å². The first-order valence-corrected chi connectivity index (χ1v) is 6.24. The molecule has 0 aliphatic heterocycles. The highest BCUT2D eigenvalue weighted by Crippen LogP contribution is 2.12. The second-order valence-electron chi connectivity index (χ2n) is 5.52. The molecule has 4 heteroatoms. The topological polar surface area (TPSA) is 49.4 Å². The number of carbonyl (C=O) groups is 2. The molecule has 0 aliphatic carbocycles. The van der Waals surface area contributed by atoms with Crippen molar-refractivity contribution in [2.24, 2.45) is 5.41 Å². The zero-order chi connectivity index (χ0) is 13.6. The van der Waals surface area contributed by atoms with Gasteiger partial charge >= 0.3 is 0 Å². The quantitative estimate of drug-likeness (QED) is 0.799. The third-order valence-corrected chi connectivity index (χ3v) is 2.95. The van der Waals surface area contributed by atoms with Gasteiger partial charge in [0.2, 0.25) is 11.8 Å². The minimum absolute atomic E-state index is 0.0171. The maximum atomic E-state index is 11.7. The van der Waals surface area contributed by atoms with E-state index in [0.717, 1.165) is 6.42 Å². The summed E-state index contributed by atoms with van der Waals surface area (Å²) >= 11 is 0. The van der Waals surface area contributed by atoms with Gasteiger partial charge < -0.3 is 10.2 Å². The lowest BCUT2D eigenvalue weighted by Gasteiger charge is -2.24. The van der Waals surface area contributed by atoms with Crippen LogP contribution in [0.15, 0.2) is 0 Å². The van der Waals surface area contributed by atoms with Crippen molar-refractivity contribution in [3.63, 3.8) is 0 Å². The van der Waals surface area contributed by atoms with Crippen molar-refractivity contribution in [1.82, 2.24) is 10.2 Å². The average molecular weight is 242 g/mol. The maximum absolute atomic E-state index is 11.7. The van der Waals surface area contributed by atoms with Gasteiger partial charge in [0.05, 0.1) is 0 Å². The molecule has 2 amide bonds. The summed E-state index contributed by atoms with van der Waals surface area (Å²) in [6.07, 6.45) is 1.30. The molecule has 0 aromatic rings. The van der Waals surface area contributed by atoms with E-state index in [9.17, 15) is 9.59 Å². The lowest BCUT2D eigenvalue weighted by molar-refractivity contribution is -0.132. The average Bonchev–Trinajstić information content (AvgIpc) is 2.25. The molecule has 4 nitrogen and oxygen atoms in total. The van der Waals surface area contributed by atoms with E-state index in [2.05, 4.69) is 12.2 Å². The van der Waals surface area contributed by atoms with Crippen molar-refractivity contribution >= 4 is 11.8 Å². The SMILES string of the molecule is CCC(C)N(C)C(=O)CCNC(=O)C(C)(C)C. The summed E-state index contributed by atoms with van der Waals surface area (Å²) in [6.45, 7) is 10.1. The Morgan fingerprint density at radius 3 is 2.24 bits per heavy atom. The summed E-state index contributed by atoms with van der Waals surface area (Å²) < 4.78 is 0. The van der Waals surface area contributed by atoms with Gasteiger partial charge in [0.15, 0.2) is 0 Å². The van der Waals surface area contributed by atoms with Crippen LogP contribution in [0.3, 0.4) is 0 Å². The predicted octanol–water partition coefficient (Wildman–Crippen LogP) is 1.80. The van der Waals surface area contributed by atoms with E-state index in [1.165, 1.54) is 0 Å². The summed E-state index contributed by atoms with van der Waals surface area (Å²) in [5, 5.41) is 2.78. The van der Waals surface area contributed by atoms with E-state index in [4.69, 9.17) is 0 Å². The Balaban J connectivity index is 3.98. The van der Waals surface area contributed by atoms with E-state index in [1.807, 2.05) is 34.7 Å². The highest BCUT2D eigenvalue weighted by atomic mass is 16.2. The minimum Gasteiger partial charge on any atom is -0.355 e. The molecule has 17 heavy (non-hydrogen) atoms. The van der Waals surface area contributed by atoms with E-state index in [0.29, 0.717) is 13.0 Å². The molecule has 0 aliphatic rings. The Labute approximate surface area is 105 Å². The van der Waals surface area contributed by atoms with Crippen molar-refractivity contribution in [1.29, 1.82) is 0 Å². The first kappa shape index (κ1) is 15.9. The molecule has 0 heterocycles. The van der Waals surface area contributed by atoms with Gasteiger partial charge in [-0.05, 0) is 13.3 Å². The lowest BCUT2D eigenvalue weighted by Crippen LogP contribution is -2.39. The molecular formula is C13H26N2O2. The number of carbonyl (C=O) groups excluding carboxylic acids is 2. The Bertz CT molecular complexity index is 269. The smallest absolute Gasteiger partial charge is 0.225 e.